The second-order valence-corrected chi connectivity index (χ2v) is 9.05. The van der Waals surface area contributed by atoms with E-state index in [0.717, 1.165) is 13.0 Å². The van der Waals surface area contributed by atoms with Gasteiger partial charge in [-0.3, -0.25) is 14.2 Å². The number of aromatic nitrogens is 2. The number of likely N-dealkylation sites (N-methyl/N-ethyl adjacent to an activating group) is 1. The third-order valence-electron chi connectivity index (χ3n) is 7.11. The highest BCUT2D eigenvalue weighted by molar-refractivity contribution is 5.82. The Balaban J connectivity index is 1.53. The average molecular weight is 443 g/mol. The number of nitrogens with zero attached hydrogens (tertiary/aromatic N) is 4. The van der Waals surface area contributed by atoms with Gasteiger partial charge in [0, 0.05) is 25.7 Å². The van der Waals surface area contributed by atoms with Crippen LogP contribution in [0.5, 0.6) is 11.5 Å². The molecule has 4 rings (SSSR count). The molecule has 0 radical (unpaired) electrons. The van der Waals surface area contributed by atoms with Gasteiger partial charge in [0.1, 0.15) is 12.4 Å². The number of methoxy groups -OCH3 is 2. The number of rotatable bonds is 6. The van der Waals surface area contributed by atoms with Gasteiger partial charge in [0.05, 0.1) is 25.1 Å². The normalized spacial score (nSPS) is 21.2. The molecule has 2 aliphatic rings. The van der Waals surface area contributed by atoms with Gasteiger partial charge in [-0.05, 0) is 57.7 Å². The smallest absolute Gasteiger partial charge is 0.262 e. The summed E-state index contributed by atoms with van der Waals surface area (Å²) in [4.78, 5) is 35.3. The number of amides is 1. The third kappa shape index (κ3) is 4.33. The molecule has 174 valence electrons. The summed E-state index contributed by atoms with van der Waals surface area (Å²) in [5.74, 6) is 1.93. The molecule has 0 unspecified atom stereocenters. The Bertz CT molecular complexity index is 1050. The van der Waals surface area contributed by atoms with Crippen LogP contribution in [0.15, 0.2) is 16.9 Å². The zero-order valence-electron chi connectivity index (χ0n) is 19.6. The van der Waals surface area contributed by atoms with Gasteiger partial charge >= 0.3 is 0 Å². The van der Waals surface area contributed by atoms with Crippen molar-refractivity contribution in [2.24, 2.45) is 5.92 Å². The molecule has 2 atom stereocenters. The van der Waals surface area contributed by atoms with Gasteiger partial charge in [-0.25, -0.2) is 4.98 Å². The number of carbonyl (C=O) groups excluding carboxylic acids is 1. The minimum atomic E-state index is -0.244. The topological polar surface area (TPSA) is 76.9 Å². The lowest BCUT2D eigenvalue weighted by molar-refractivity contribution is -0.131. The molecule has 2 saturated heterocycles. The van der Waals surface area contributed by atoms with E-state index in [1.165, 1.54) is 50.4 Å². The first-order valence-corrected chi connectivity index (χ1v) is 11.5. The van der Waals surface area contributed by atoms with E-state index in [1.54, 1.807) is 31.1 Å². The van der Waals surface area contributed by atoms with Gasteiger partial charge in [-0.15, -0.1) is 0 Å². The second-order valence-electron chi connectivity index (χ2n) is 9.05. The maximum absolute atomic E-state index is 13.2. The Morgan fingerprint density at radius 3 is 2.59 bits per heavy atom. The standard InChI is InChI=1S/C24H34N4O4/c1-16-25-19-13-22(32-4)21(31-3)12-18(19)24(30)28(16)15-23(29)26(2)14-17-8-7-11-27-10-6-5-9-20(17)27/h12-13,17,20H,5-11,14-15H2,1-4H3/t17-,20+/m0/s1. The maximum atomic E-state index is 13.2. The molecule has 32 heavy (non-hydrogen) atoms. The summed E-state index contributed by atoms with van der Waals surface area (Å²) in [6, 6.07) is 3.91. The fourth-order valence-corrected chi connectivity index (χ4v) is 5.35. The van der Waals surface area contributed by atoms with E-state index < -0.39 is 0 Å². The van der Waals surface area contributed by atoms with E-state index in [4.69, 9.17) is 9.47 Å². The first-order chi connectivity index (χ1) is 15.4. The van der Waals surface area contributed by atoms with Gasteiger partial charge in [0.2, 0.25) is 5.91 Å². The molecule has 0 N–H and O–H groups in total. The summed E-state index contributed by atoms with van der Waals surface area (Å²) >= 11 is 0. The zero-order valence-corrected chi connectivity index (χ0v) is 19.6. The van der Waals surface area contributed by atoms with Crippen LogP contribution >= 0.6 is 0 Å². The molecule has 1 aromatic carbocycles. The van der Waals surface area contributed by atoms with Crippen molar-refractivity contribution in [3.8, 4) is 11.5 Å². The van der Waals surface area contributed by atoms with Crippen LogP contribution in [0, 0.1) is 12.8 Å². The number of carbonyl (C=O) groups is 1. The van der Waals surface area contributed by atoms with Crippen LogP contribution in [0.4, 0.5) is 0 Å². The molecule has 2 aromatic rings. The van der Waals surface area contributed by atoms with Crippen LogP contribution in [0.2, 0.25) is 0 Å². The van der Waals surface area contributed by atoms with Crippen molar-refractivity contribution < 1.29 is 14.3 Å². The van der Waals surface area contributed by atoms with Crippen LogP contribution in [-0.2, 0) is 11.3 Å². The van der Waals surface area contributed by atoms with Crippen molar-refractivity contribution in [1.82, 2.24) is 19.4 Å². The number of aryl methyl sites for hydroxylation is 1. The summed E-state index contributed by atoms with van der Waals surface area (Å²) in [5.41, 5.74) is 0.285. The Morgan fingerprint density at radius 1 is 1.12 bits per heavy atom. The van der Waals surface area contributed by atoms with Crippen LogP contribution in [-0.4, -0.2) is 72.2 Å². The predicted molar refractivity (Wildman–Crippen MR) is 123 cm³/mol. The lowest BCUT2D eigenvalue weighted by Gasteiger charge is -2.45. The number of hydrogen-bond acceptors (Lipinski definition) is 6. The lowest BCUT2D eigenvalue weighted by Crippen LogP contribution is -2.51. The highest BCUT2D eigenvalue weighted by Gasteiger charge is 2.34. The average Bonchev–Trinajstić information content (AvgIpc) is 2.81. The van der Waals surface area contributed by atoms with E-state index in [2.05, 4.69) is 9.88 Å². The van der Waals surface area contributed by atoms with Crippen molar-refractivity contribution in [2.75, 3.05) is 40.9 Å². The van der Waals surface area contributed by atoms with E-state index in [-0.39, 0.29) is 18.0 Å². The molecule has 0 saturated carbocycles. The molecule has 2 aliphatic heterocycles. The number of fused-ring (bicyclic) bond motifs is 2. The minimum absolute atomic E-state index is 0.0143. The third-order valence-corrected chi connectivity index (χ3v) is 7.11. The minimum Gasteiger partial charge on any atom is -0.493 e. The Kier molecular flexibility index (Phi) is 6.69. The number of benzene rings is 1. The SMILES string of the molecule is COc1cc2nc(C)n(CC(=O)N(C)C[C@@H]3CCCN4CCCC[C@H]34)c(=O)c2cc1OC. The maximum Gasteiger partial charge on any atom is 0.262 e. The van der Waals surface area contributed by atoms with Gasteiger partial charge in [-0.2, -0.15) is 0 Å². The van der Waals surface area contributed by atoms with Gasteiger partial charge in [0.25, 0.3) is 5.56 Å². The fourth-order valence-electron chi connectivity index (χ4n) is 5.35. The molecular weight excluding hydrogens is 408 g/mol. The number of hydrogen-bond donors (Lipinski definition) is 0. The predicted octanol–water partition coefficient (Wildman–Crippen LogP) is 2.45. The summed E-state index contributed by atoms with van der Waals surface area (Å²) in [6.45, 7) is 4.85. The molecular formula is C24H34N4O4. The molecule has 0 bridgehead atoms. The highest BCUT2D eigenvalue weighted by Crippen LogP contribution is 2.32. The van der Waals surface area contributed by atoms with Gasteiger partial charge in [-0.1, -0.05) is 6.42 Å². The van der Waals surface area contributed by atoms with Crippen LogP contribution in [0.3, 0.4) is 0 Å². The molecule has 8 nitrogen and oxygen atoms in total. The molecule has 0 spiro atoms. The quantitative estimate of drug-likeness (QED) is 0.684. The van der Waals surface area contributed by atoms with Crippen molar-refractivity contribution >= 4 is 16.8 Å². The highest BCUT2D eigenvalue weighted by atomic mass is 16.5. The number of ether oxygens (including phenoxy) is 2. The van der Waals surface area contributed by atoms with Crippen molar-refractivity contribution in [3.05, 3.63) is 28.3 Å². The molecule has 0 aliphatic carbocycles. The van der Waals surface area contributed by atoms with E-state index in [0.29, 0.717) is 40.2 Å². The van der Waals surface area contributed by atoms with Crippen LogP contribution in [0.1, 0.15) is 37.9 Å². The summed E-state index contributed by atoms with van der Waals surface area (Å²) in [5, 5.41) is 0.411. The molecule has 8 heteroatoms. The molecule has 1 amide bonds. The van der Waals surface area contributed by atoms with Gasteiger partial charge < -0.3 is 19.3 Å². The van der Waals surface area contributed by atoms with Crippen molar-refractivity contribution in [3.63, 3.8) is 0 Å². The summed E-state index contributed by atoms with van der Waals surface area (Å²) in [6.07, 6.45) is 6.15. The largest absolute Gasteiger partial charge is 0.493 e. The number of piperidine rings is 2. The first kappa shape index (κ1) is 22.6. The second kappa shape index (κ2) is 9.48. The first-order valence-electron chi connectivity index (χ1n) is 11.5. The Morgan fingerprint density at radius 2 is 1.84 bits per heavy atom. The fraction of sp³-hybridized carbons (Fsp3) is 0.625. The van der Waals surface area contributed by atoms with E-state index in [9.17, 15) is 9.59 Å². The summed E-state index contributed by atoms with van der Waals surface area (Å²) in [7, 11) is 4.93. The molecule has 2 fully saturated rings. The monoisotopic (exact) mass is 442 g/mol. The van der Waals surface area contributed by atoms with Gasteiger partial charge in [0.15, 0.2) is 11.5 Å². The molecule has 1 aromatic heterocycles. The van der Waals surface area contributed by atoms with Crippen molar-refractivity contribution in [1.29, 1.82) is 0 Å². The Labute approximate surface area is 189 Å². The summed E-state index contributed by atoms with van der Waals surface area (Å²) < 4.78 is 12.1. The van der Waals surface area contributed by atoms with Crippen LogP contribution < -0.4 is 15.0 Å². The Hall–Kier alpha value is -2.61. The molecule has 3 heterocycles. The van der Waals surface area contributed by atoms with E-state index in [1.807, 2.05) is 7.05 Å². The van der Waals surface area contributed by atoms with E-state index >= 15 is 0 Å². The van der Waals surface area contributed by atoms with Crippen molar-refractivity contribution in [2.45, 2.75) is 51.6 Å². The zero-order chi connectivity index (χ0) is 22.8. The lowest BCUT2D eigenvalue weighted by atomic mass is 9.83. The van der Waals surface area contributed by atoms with Crippen LogP contribution in [0.25, 0.3) is 10.9 Å².